The fourth-order valence-corrected chi connectivity index (χ4v) is 4.40. The highest BCUT2D eigenvalue weighted by Gasteiger charge is 2.23. The van der Waals surface area contributed by atoms with Crippen molar-refractivity contribution in [3.05, 3.63) is 45.9 Å². The van der Waals surface area contributed by atoms with Crippen molar-refractivity contribution in [1.29, 1.82) is 5.26 Å². The Bertz CT molecular complexity index is 889. The largest absolute Gasteiger partial charge is 0.368 e. The third-order valence-corrected chi connectivity index (χ3v) is 5.93. The second kappa shape index (κ2) is 9.27. The van der Waals surface area contributed by atoms with E-state index in [9.17, 15) is 5.26 Å². The molecular weight excluding hydrogens is 380 g/mol. The van der Waals surface area contributed by atoms with E-state index in [1.807, 2.05) is 24.3 Å². The number of anilines is 1. The summed E-state index contributed by atoms with van der Waals surface area (Å²) in [6.45, 7) is 9.02. The van der Waals surface area contributed by atoms with Crippen LogP contribution in [-0.4, -0.2) is 37.1 Å². The molecule has 0 amide bonds. The van der Waals surface area contributed by atoms with Gasteiger partial charge in [0.2, 0.25) is 0 Å². The molecule has 1 atom stereocenters. The van der Waals surface area contributed by atoms with Gasteiger partial charge in [0.1, 0.15) is 11.1 Å². The Morgan fingerprint density at radius 1 is 1.38 bits per heavy atom. The molecule has 1 aliphatic heterocycles. The van der Waals surface area contributed by atoms with Gasteiger partial charge in [-0.1, -0.05) is 32.9 Å². The lowest BCUT2D eigenvalue weighted by Gasteiger charge is -2.35. The van der Waals surface area contributed by atoms with Gasteiger partial charge in [-0.25, -0.2) is 4.98 Å². The number of aromatic nitrogens is 1. The quantitative estimate of drug-likeness (QED) is 0.594. The highest BCUT2D eigenvalue weighted by molar-refractivity contribution is 7.09. The number of benzene rings is 1. The number of nitrogens with one attached hydrogen (secondary N) is 2. The molecule has 2 heterocycles. The van der Waals surface area contributed by atoms with Crippen LogP contribution in [0.1, 0.15) is 49.9 Å². The number of guanidine groups is 1. The third-order valence-electron chi connectivity index (χ3n) is 5.08. The Morgan fingerprint density at radius 2 is 2.17 bits per heavy atom. The standard InChI is InChI=1S/C22H30N6S/c1-22(2,3)19-15-29-20(27-19)13-25-21(24-4)26-17-9-7-11-28(14-17)18-10-6-5-8-16(18)12-23/h5-6,8,10,15,17H,7,9,11,13-14H2,1-4H3,(H2,24,25,26). The molecule has 6 nitrogen and oxygen atoms in total. The third kappa shape index (κ3) is 5.48. The van der Waals surface area contributed by atoms with E-state index in [0.717, 1.165) is 53.8 Å². The molecule has 3 rings (SSSR count). The van der Waals surface area contributed by atoms with E-state index in [1.165, 1.54) is 0 Å². The summed E-state index contributed by atoms with van der Waals surface area (Å²) < 4.78 is 0. The second-order valence-electron chi connectivity index (χ2n) is 8.36. The average Bonchev–Trinajstić information content (AvgIpc) is 3.21. The molecule has 0 bridgehead atoms. The van der Waals surface area contributed by atoms with Gasteiger partial charge in [0.05, 0.1) is 23.5 Å². The lowest BCUT2D eigenvalue weighted by molar-refractivity contribution is 0.468. The molecule has 1 fully saturated rings. The first-order valence-corrected chi connectivity index (χ1v) is 10.9. The van der Waals surface area contributed by atoms with Gasteiger partial charge >= 0.3 is 0 Å². The number of nitriles is 1. The van der Waals surface area contributed by atoms with E-state index in [0.29, 0.717) is 6.54 Å². The fraction of sp³-hybridized carbons (Fsp3) is 0.500. The molecule has 1 aliphatic rings. The molecule has 0 aliphatic carbocycles. The van der Waals surface area contributed by atoms with E-state index < -0.39 is 0 Å². The summed E-state index contributed by atoms with van der Waals surface area (Å²) in [4.78, 5) is 11.4. The molecule has 29 heavy (non-hydrogen) atoms. The molecular formula is C22H30N6S. The zero-order valence-corrected chi connectivity index (χ0v) is 18.5. The molecule has 1 saturated heterocycles. The maximum atomic E-state index is 9.40. The maximum absolute atomic E-state index is 9.40. The number of aliphatic imine (C=N–C) groups is 1. The van der Waals surface area contributed by atoms with Crippen molar-refractivity contribution in [3.8, 4) is 6.07 Å². The van der Waals surface area contributed by atoms with Gasteiger partial charge in [-0.2, -0.15) is 5.26 Å². The van der Waals surface area contributed by atoms with Crippen LogP contribution in [0.4, 0.5) is 5.69 Å². The van der Waals surface area contributed by atoms with Crippen molar-refractivity contribution in [2.75, 3.05) is 25.0 Å². The van der Waals surface area contributed by atoms with Crippen LogP contribution >= 0.6 is 11.3 Å². The lowest BCUT2D eigenvalue weighted by Crippen LogP contribution is -2.51. The fourth-order valence-electron chi connectivity index (χ4n) is 3.44. The first-order chi connectivity index (χ1) is 13.9. The SMILES string of the molecule is CN=C(NCc1nc(C(C)(C)C)cs1)NC1CCCN(c2ccccc2C#N)C1. The first kappa shape index (κ1) is 21.1. The zero-order valence-electron chi connectivity index (χ0n) is 17.7. The Hall–Kier alpha value is -2.59. The van der Waals surface area contributed by atoms with Gasteiger partial charge in [0, 0.05) is 37.0 Å². The number of hydrogen-bond donors (Lipinski definition) is 2. The highest BCUT2D eigenvalue weighted by Crippen LogP contribution is 2.24. The molecule has 154 valence electrons. The molecule has 1 aromatic carbocycles. The Kier molecular flexibility index (Phi) is 6.75. The Balaban J connectivity index is 1.58. The van der Waals surface area contributed by atoms with Gasteiger partial charge in [-0.3, -0.25) is 4.99 Å². The van der Waals surface area contributed by atoms with Crippen molar-refractivity contribution < 1.29 is 0 Å². The van der Waals surface area contributed by atoms with Crippen molar-refractivity contribution in [2.24, 2.45) is 4.99 Å². The van der Waals surface area contributed by atoms with E-state index in [-0.39, 0.29) is 11.5 Å². The van der Waals surface area contributed by atoms with Gasteiger partial charge in [-0.15, -0.1) is 11.3 Å². The predicted molar refractivity (Wildman–Crippen MR) is 121 cm³/mol. The van der Waals surface area contributed by atoms with Crippen LogP contribution in [0, 0.1) is 11.3 Å². The van der Waals surface area contributed by atoms with Gasteiger partial charge in [0.25, 0.3) is 0 Å². The van der Waals surface area contributed by atoms with Crippen LogP contribution in [0.25, 0.3) is 0 Å². The van der Waals surface area contributed by atoms with Crippen molar-refractivity contribution >= 4 is 23.0 Å². The molecule has 1 unspecified atom stereocenters. The summed E-state index contributed by atoms with van der Waals surface area (Å²) in [5.41, 5.74) is 2.94. The minimum absolute atomic E-state index is 0.0694. The second-order valence-corrected chi connectivity index (χ2v) is 9.30. The Labute approximate surface area is 177 Å². The maximum Gasteiger partial charge on any atom is 0.191 e. The van der Waals surface area contributed by atoms with Gasteiger partial charge in [-0.05, 0) is 25.0 Å². The molecule has 0 saturated carbocycles. The van der Waals surface area contributed by atoms with Crippen LogP contribution in [0.3, 0.4) is 0 Å². The molecule has 0 radical (unpaired) electrons. The zero-order chi connectivity index (χ0) is 20.9. The summed E-state index contributed by atoms with van der Waals surface area (Å²) in [7, 11) is 1.79. The van der Waals surface area contributed by atoms with Crippen LogP contribution in [0.2, 0.25) is 0 Å². The number of rotatable bonds is 4. The first-order valence-electron chi connectivity index (χ1n) is 10.1. The molecule has 7 heteroatoms. The van der Waals surface area contributed by atoms with Crippen LogP contribution in [-0.2, 0) is 12.0 Å². The predicted octanol–water partition coefficient (Wildman–Crippen LogP) is 3.65. The minimum Gasteiger partial charge on any atom is -0.368 e. The monoisotopic (exact) mass is 410 g/mol. The van der Waals surface area contributed by atoms with Crippen LogP contribution in [0.15, 0.2) is 34.6 Å². The van der Waals surface area contributed by atoms with E-state index >= 15 is 0 Å². The van der Waals surface area contributed by atoms with Crippen molar-refractivity contribution in [3.63, 3.8) is 0 Å². The number of para-hydroxylation sites is 1. The summed E-state index contributed by atoms with van der Waals surface area (Å²) in [5, 5.41) is 19.5. The molecule has 0 spiro atoms. The molecule has 2 N–H and O–H groups in total. The normalized spacial score (nSPS) is 17.7. The number of hydrogen-bond acceptors (Lipinski definition) is 5. The topological polar surface area (TPSA) is 76.3 Å². The molecule has 1 aromatic heterocycles. The molecule has 2 aromatic rings. The summed E-state index contributed by atoms with van der Waals surface area (Å²) in [6, 6.07) is 10.4. The van der Waals surface area contributed by atoms with E-state index in [4.69, 9.17) is 4.98 Å². The summed E-state index contributed by atoms with van der Waals surface area (Å²) in [5.74, 6) is 0.790. The van der Waals surface area contributed by atoms with Gasteiger partial charge < -0.3 is 15.5 Å². The van der Waals surface area contributed by atoms with E-state index in [2.05, 4.69) is 52.7 Å². The van der Waals surface area contributed by atoms with Crippen LogP contribution in [0.5, 0.6) is 0 Å². The number of piperidine rings is 1. The van der Waals surface area contributed by atoms with E-state index in [1.54, 1.807) is 18.4 Å². The Morgan fingerprint density at radius 3 is 2.86 bits per heavy atom. The highest BCUT2D eigenvalue weighted by atomic mass is 32.1. The minimum atomic E-state index is 0.0694. The summed E-state index contributed by atoms with van der Waals surface area (Å²) >= 11 is 1.68. The van der Waals surface area contributed by atoms with Crippen molar-refractivity contribution in [2.45, 2.75) is 51.6 Å². The van der Waals surface area contributed by atoms with Crippen molar-refractivity contribution in [1.82, 2.24) is 15.6 Å². The van der Waals surface area contributed by atoms with Gasteiger partial charge in [0.15, 0.2) is 5.96 Å². The number of thiazole rings is 1. The summed E-state index contributed by atoms with van der Waals surface area (Å²) in [6.07, 6.45) is 2.16. The lowest BCUT2D eigenvalue weighted by atomic mass is 9.93. The average molecular weight is 411 g/mol. The smallest absolute Gasteiger partial charge is 0.191 e. The van der Waals surface area contributed by atoms with Crippen LogP contribution < -0.4 is 15.5 Å². The number of nitrogens with zero attached hydrogens (tertiary/aromatic N) is 4.